The molecule has 0 unspecified atom stereocenters. The van der Waals surface area contributed by atoms with Crippen LogP contribution in [0.2, 0.25) is 5.02 Å². The summed E-state index contributed by atoms with van der Waals surface area (Å²) in [7, 11) is 0. The zero-order valence-corrected chi connectivity index (χ0v) is 17.1. The maximum Gasteiger partial charge on any atom is 0.192 e. The van der Waals surface area contributed by atoms with Crippen molar-refractivity contribution >= 4 is 46.0 Å². The van der Waals surface area contributed by atoms with Crippen LogP contribution in [0.15, 0.2) is 35.5 Å². The summed E-state index contributed by atoms with van der Waals surface area (Å²) >= 11 is 7.11. The van der Waals surface area contributed by atoms with Crippen molar-refractivity contribution in [3.05, 3.63) is 52.2 Å². The lowest BCUT2D eigenvalue weighted by molar-refractivity contribution is -0.0411. The van der Waals surface area contributed by atoms with E-state index in [1.54, 1.807) is 24.3 Å². The molecule has 4 rings (SSSR count). The number of nitrogens with zero attached hydrogens (tertiary/aromatic N) is 3. The second-order valence-electron chi connectivity index (χ2n) is 7.30. The molecule has 1 aliphatic rings. The number of thioether (sulfide) groups is 1. The van der Waals surface area contributed by atoms with Crippen LogP contribution >= 0.6 is 23.4 Å². The summed E-state index contributed by atoms with van der Waals surface area (Å²) in [6.07, 6.45) is 0.708. The first-order valence-corrected chi connectivity index (χ1v) is 10.2. The van der Waals surface area contributed by atoms with Crippen molar-refractivity contribution in [2.24, 2.45) is 0 Å². The standard InChI is InChI=1S/C20H19ClN4O2S/c1-20(2)8-15-12(9-27-20)7-14-17(22)24-19(25-18(14)23-15)28-10-16(26)11-3-5-13(21)6-4-11/h3-7H,8-10H2,1-2H3,(H2,22,23,24,25). The maximum absolute atomic E-state index is 12.4. The first-order valence-electron chi connectivity index (χ1n) is 8.82. The minimum atomic E-state index is -0.255. The van der Waals surface area contributed by atoms with Gasteiger partial charge in [0.15, 0.2) is 16.6 Å². The van der Waals surface area contributed by atoms with E-state index >= 15 is 0 Å². The number of carbonyl (C=O) groups is 1. The van der Waals surface area contributed by atoms with E-state index < -0.39 is 0 Å². The Hall–Kier alpha value is -2.22. The van der Waals surface area contributed by atoms with Crippen molar-refractivity contribution < 1.29 is 9.53 Å². The van der Waals surface area contributed by atoms with Crippen LogP contribution < -0.4 is 5.73 Å². The predicted molar refractivity (Wildman–Crippen MR) is 111 cm³/mol. The van der Waals surface area contributed by atoms with Gasteiger partial charge in [-0.05, 0) is 44.2 Å². The number of ketones is 1. The maximum atomic E-state index is 12.4. The van der Waals surface area contributed by atoms with Gasteiger partial charge in [0.05, 0.1) is 29.0 Å². The molecule has 1 aromatic carbocycles. The summed E-state index contributed by atoms with van der Waals surface area (Å²) in [5.41, 5.74) is 9.00. The molecule has 6 nitrogen and oxygen atoms in total. The monoisotopic (exact) mass is 414 g/mol. The van der Waals surface area contributed by atoms with Gasteiger partial charge in [-0.2, -0.15) is 0 Å². The number of rotatable bonds is 4. The van der Waals surface area contributed by atoms with Gasteiger partial charge in [-0.25, -0.2) is 15.0 Å². The van der Waals surface area contributed by atoms with Gasteiger partial charge in [-0.3, -0.25) is 4.79 Å². The third-order valence-corrected chi connectivity index (χ3v) is 5.67. The number of fused-ring (bicyclic) bond motifs is 2. The number of pyridine rings is 1. The van der Waals surface area contributed by atoms with E-state index in [1.165, 1.54) is 11.8 Å². The fourth-order valence-corrected chi connectivity index (χ4v) is 3.92. The first-order chi connectivity index (χ1) is 13.3. The first kappa shape index (κ1) is 19.1. The summed E-state index contributed by atoms with van der Waals surface area (Å²) in [5, 5.41) is 1.74. The highest BCUT2D eigenvalue weighted by atomic mass is 35.5. The molecule has 0 saturated carbocycles. The van der Waals surface area contributed by atoms with Gasteiger partial charge >= 0.3 is 0 Å². The predicted octanol–water partition coefficient (Wildman–Crippen LogP) is 4.09. The second-order valence-corrected chi connectivity index (χ2v) is 8.68. The molecule has 3 aromatic rings. The Balaban J connectivity index is 1.58. The molecule has 1 aliphatic heterocycles. The lowest BCUT2D eigenvalue weighted by atomic mass is 9.95. The number of halogens is 1. The highest BCUT2D eigenvalue weighted by molar-refractivity contribution is 7.99. The zero-order chi connectivity index (χ0) is 19.9. The molecule has 0 fully saturated rings. The van der Waals surface area contributed by atoms with E-state index in [-0.39, 0.29) is 17.1 Å². The summed E-state index contributed by atoms with van der Waals surface area (Å²) in [5.74, 6) is 0.533. The molecule has 0 bridgehead atoms. The number of aromatic nitrogens is 3. The molecule has 2 aromatic heterocycles. The van der Waals surface area contributed by atoms with Gasteiger partial charge in [0.2, 0.25) is 0 Å². The van der Waals surface area contributed by atoms with Crippen molar-refractivity contribution in [1.29, 1.82) is 0 Å². The van der Waals surface area contributed by atoms with Crippen LogP contribution in [0.25, 0.3) is 11.0 Å². The average molecular weight is 415 g/mol. The molecule has 0 atom stereocenters. The van der Waals surface area contributed by atoms with Crippen LogP contribution in [0.4, 0.5) is 5.82 Å². The van der Waals surface area contributed by atoms with Crippen molar-refractivity contribution in [2.75, 3.05) is 11.5 Å². The molecule has 0 aliphatic carbocycles. The molecular weight excluding hydrogens is 396 g/mol. The second kappa shape index (κ2) is 7.31. The number of ether oxygens (including phenoxy) is 1. The minimum absolute atomic E-state index is 0.0266. The Morgan fingerprint density at radius 1 is 1.25 bits per heavy atom. The third kappa shape index (κ3) is 3.97. The Bertz CT molecular complexity index is 1070. The number of nitrogen functional groups attached to an aromatic ring is 1. The van der Waals surface area contributed by atoms with E-state index in [1.807, 2.05) is 19.9 Å². The summed E-state index contributed by atoms with van der Waals surface area (Å²) in [6, 6.07) is 8.76. The average Bonchev–Trinajstić information content (AvgIpc) is 2.65. The van der Waals surface area contributed by atoms with Gasteiger partial charge in [-0.1, -0.05) is 23.4 Å². The number of nitrogens with two attached hydrogens (primary N) is 1. The van der Waals surface area contributed by atoms with Gasteiger partial charge in [-0.15, -0.1) is 0 Å². The molecule has 2 N–H and O–H groups in total. The topological polar surface area (TPSA) is 91.0 Å². The van der Waals surface area contributed by atoms with Crippen molar-refractivity contribution in [1.82, 2.24) is 15.0 Å². The number of hydrogen-bond donors (Lipinski definition) is 1. The van der Waals surface area contributed by atoms with Crippen LogP contribution in [0.1, 0.15) is 35.5 Å². The third-order valence-electron chi connectivity index (χ3n) is 4.57. The lowest BCUT2D eigenvalue weighted by Gasteiger charge is -2.31. The molecule has 0 amide bonds. The normalized spacial score (nSPS) is 15.4. The van der Waals surface area contributed by atoms with E-state index in [4.69, 9.17) is 27.1 Å². The smallest absolute Gasteiger partial charge is 0.192 e. The molecule has 28 heavy (non-hydrogen) atoms. The number of Topliss-reactive ketones (excluding diaryl/α,β-unsaturated/α-hetero) is 1. The Morgan fingerprint density at radius 2 is 2.00 bits per heavy atom. The minimum Gasteiger partial charge on any atom is -0.383 e. The Labute approximate surface area is 171 Å². The van der Waals surface area contributed by atoms with E-state index in [0.717, 1.165) is 11.3 Å². The Morgan fingerprint density at radius 3 is 2.75 bits per heavy atom. The van der Waals surface area contributed by atoms with Crippen LogP contribution in [0.3, 0.4) is 0 Å². The molecule has 8 heteroatoms. The van der Waals surface area contributed by atoms with Crippen LogP contribution in [0.5, 0.6) is 0 Å². The van der Waals surface area contributed by atoms with Crippen molar-refractivity contribution in [2.45, 2.75) is 37.6 Å². The molecule has 0 saturated heterocycles. The summed E-state index contributed by atoms with van der Waals surface area (Å²) < 4.78 is 5.85. The van der Waals surface area contributed by atoms with Crippen LogP contribution in [-0.2, 0) is 17.8 Å². The summed E-state index contributed by atoms with van der Waals surface area (Å²) in [4.78, 5) is 25.9. The number of anilines is 1. The lowest BCUT2D eigenvalue weighted by Crippen LogP contribution is -2.32. The molecule has 3 heterocycles. The molecule has 144 valence electrons. The zero-order valence-electron chi connectivity index (χ0n) is 15.5. The number of carbonyl (C=O) groups excluding carboxylic acids is 1. The van der Waals surface area contributed by atoms with Crippen molar-refractivity contribution in [3.8, 4) is 0 Å². The largest absolute Gasteiger partial charge is 0.383 e. The molecule has 0 spiro atoms. The van der Waals surface area contributed by atoms with Gasteiger partial charge < -0.3 is 10.5 Å². The van der Waals surface area contributed by atoms with Gasteiger partial charge in [0.25, 0.3) is 0 Å². The van der Waals surface area contributed by atoms with Crippen LogP contribution in [-0.4, -0.2) is 32.1 Å². The van der Waals surface area contributed by atoms with E-state index in [2.05, 4.69) is 9.97 Å². The van der Waals surface area contributed by atoms with E-state index in [0.29, 0.717) is 45.6 Å². The Kier molecular flexibility index (Phi) is 4.99. The highest BCUT2D eigenvalue weighted by Crippen LogP contribution is 2.30. The number of hydrogen-bond acceptors (Lipinski definition) is 7. The van der Waals surface area contributed by atoms with Crippen molar-refractivity contribution in [3.63, 3.8) is 0 Å². The van der Waals surface area contributed by atoms with Gasteiger partial charge in [0.1, 0.15) is 5.82 Å². The highest BCUT2D eigenvalue weighted by Gasteiger charge is 2.28. The fraction of sp³-hybridized carbons (Fsp3) is 0.300. The SMILES string of the molecule is CC1(C)Cc2nc3nc(SCC(=O)c4ccc(Cl)cc4)nc(N)c3cc2CO1. The quantitative estimate of drug-likeness (QED) is 0.390. The van der Waals surface area contributed by atoms with Gasteiger partial charge in [0, 0.05) is 22.6 Å². The number of benzene rings is 1. The van der Waals surface area contributed by atoms with Crippen LogP contribution in [0, 0.1) is 0 Å². The van der Waals surface area contributed by atoms with E-state index in [9.17, 15) is 4.79 Å². The fourth-order valence-electron chi connectivity index (χ4n) is 3.05. The molecular formula is C20H19ClN4O2S. The molecule has 0 radical (unpaired) electrons. The summed E-state index contributed by atoms with van der Waals surface area (Å²) in [6.45, 7) is 4.58.